The molecule has 0 saturated heterocycles. The molecule has 0 spiro atoms. The maximum absolute atomic E-state index is 12.6. The average molecular weight is 485 g/mol. The molecule has 0 aliphatic heterocycles. The summed E-state index contributed by atoms with van der Waals surface area (Å²) in [6.07, 6.45) is -4.55. The van der Waals surface area contributed by atoms with Gasteiger partial charge in [-0.25, -0.2) is 4.98 Å². The van der Waals surface area contributed by atoms with Crippen LogP contribution in [0.5, 0.6) is 5.88 Å². The van der Waals surface area contributed by atoms with E-state index in [4.69, 9.17) is 16.3 Å². The second kappa shape index (κ2) is 9.41. The number of alkyl halides is 3. The smallest absolute Gasteiger partial charge is 0.422 e. The van der Waals surface area contributed by atoms with Crippen LogP contribution in [0.1, 0.15) is 42.0 Å². The summed E-state index contributed by atoms with van der Waals surface area (Å²) in [6.45, 7) is 4.78. The molecule has 11 heteroatoms. The molecule has 0 fully saturated rings. The summed E-state index contributed by atoms with van der Waals surface area (Å²) in [5, 5.41) is 13.4. The Bertz CT molecular complexity index is 1100. The van der Waals surface area contributed by atoms with E-state index >= 15 is 0 Å². The Labute approximate surface area is 191 Å². The Morgan fingerprint density at radius 3 is 2.44 bits per heavy atom. The number of benzene rings is 1. The Kier molecular flexibility index (Phi) is 7.04. The molecular weight excluding hydrogens is 465 g/mol. The number of ether oxygens (including phenoxy) is 1. The first-order chi connectivity index (χ1) is 14.9. The third-order valence-corrected chi connectivity index (χ3v) is 5.71. The first kappa shape index (κ1) is 23.9. The van der Waals surface area contributed by atoms with Crippen LogP contribution in [-0.2, 0) is 12.0 Å². The molecule has 6 nitrogen and oxygen atoms in total. The number of halogens is 4. The third-order valence-electron chi connectivity index (χ3n) is 4.14. The summed E-state index contributed by atoms with van der Waals surface area (Å²) in [5.41, 5.74) is 1.20. The zero-order chi connectivity index (χ0) is 23.5. The van der Waals surface area contributed by atoms with Crippen molar-refractivity contribution < 1.29 is 22.7 Å². The van der Waals surface area contributed by atoms with Gasteiger partial charge in [-0.05, 0) is 23.8 Å². The lowest BCUT2D eigenvalue weighted by atomic mass is 9.98. The molecule has 0 radical (unpaired) electrons. The van der Waals surface area contributed by atoms with Crippen molar-refractivity contribution in [1.82, 2.24) is 20.5 Å². The molecule has 0 saturated carbocycles. The minimum atomic E-state index is -4.55. The van der Waals surface area contributed by atoms with Gasteiger partial charge in [0.15, 0.2) is 12.3 Å². The first-order valence-corrected chi connectivity index (χ1v) is 10.7. The molecule has 170 valence electrons. The van der Waals surface area contributed by atoms with Crippen LogP contribution in [0.2, 0.25) is 5.02 Å². The van der Waals surface area contributed by atoms with E-state index in [1.807, 2.05) is 26.2 Å². The second-order valence-corrected chi connectivity index (χ2v) is 9.23. The van der Waals surface area contributed by atoms with Crippen molar-refractivity contribution in [3.05, 3.63) is 57.1 Å². The van der Waals surface area contributed by atoms with Gasteiger partial charge in [-0.1, -0.05) is 44.5 Å². The van der Waals surface area contributed by atoms with Crippen molar-refractivity contribution in [2.45, 2.75) is 38.9 Å². The molecule has 1 N–H and O–H groups in total. The van der Waals surface area contributed by atoms with E-state index in [1.54, 1.807) is 24.3 Å². The van der Waals surface area contributed by atoms with Gasteiger partial charge in [0.25, 0.3) is 5.91 Å². The van der Waals surface area contributed by atoms with Gasteiger partial charge in [0, 0.05) is 21.4 Å². The SMILES string of the molecule is CC(C)(C)c1nc(CNC(=O)c2cc(-c3ccc(Cl)cc3)c(OCC(F)(F)F)nn2)cs1. The number of nitrogens with one attached hydrogen (secondary N) is 1. The summed E-state index contributed by atoms with van der Waals surface area (Å²) in [7, 11) is 0. The van der Waals surface area contributed by atoms with Crippen molar-refractivity contribution in [3.63, 3.8) is 0 Å². The monoisotopic (exact) mass is 484 g/mol. The summed E-state index contributed by atoms with van der Waals surface area (Å²) < 4.78 is 42.7. The molecule has 1 amide bonds. The van der Waals surface area contributed by atoms with E-state index in [0.717, 1.165) is 5.01 Å². The highest BCUT2D eigenvalue weighted by Crippen LogP contribution is 2.30. The lowest BCUT2D eigenvalue weighted by Crippen LogP contribution is -2.25. The van der Waals surface area contributed by atoms with Gasteiger partial charge in [0.05, 0.1) is 17.2 Å². The molecule has 0 aliphatic rings. The first-order valence-electron chi connectivity index (χ1n) is 9.49. The number of aromatic nitrogens is 3. The summed E-state index contributed by atoms with van der Waals surface area (Å²) in [4.78, 5) is 17.1. The molecule has 32 heavy (non-hydrogen) atoms. The van der Waals surface area contributed by atoms with Gasteiger partial charge in [0.2, 0.25) is 5.88 Å². The predicted octanol–water partition coefficient (Wildman–Crippen LogP) is 5.42. The van der Waals surface area contributed by atoms with E-state index in [2.05, 4.69) is 20.5 Å². The van der Waals surface area contributed by atoms with Crippen LogP contribution in [0.25, 0.3) is 11.1 Å². The number of hydrogen-bond acceptors (Lipinski definition) is 6. The van der Waals surface area contributed by atoms with Gasteiger partial charge in [-0.2, -0.15) is 13.2 Å². The summed E-state index contributed by atoms with van der Waals surface area (Å²) in [5.74, 6) is -0.879. The van der Waals surface area contributed by atoms with Crippen molar-refractivity contribution in [2.75, 3.05) is 6.61 Å². The molecule has 0 unspecified atom stereocenters. The van der Waals surface area contributed by atoms with E-state index in [9.17, 15) is 18.0 Å². The third kappa shape index (κ3) is 6.39. The van der Waals surface area contributed by atoms with E-state index in [0.29, 0.717) is 16.3 Å². The van der Waals surface area contributed by atoms with Gasteiger partial charge in [0.1, 0.15) is 0 Å². The fourth-order valence-corrected chi connectivity index (χ4v) is 3.61. The fourth-order valence-electron chi connectivity index (χ4n) is 2.58. The van der Waals surface area contributed by atoms with Crippen molar-refractivity contribution >= 4 is 28.8 Å². The zero-order valence-corrected chi connectivity index (χ0v) is 19.0. The quantitative estimate of drug-likeness (QED) is 0.505. The summed E-state index contributed by atoms with van der Waals surface area (Å²) in [6, 6.07) is 7.65. The van der Waals surface area contributed by atoms with E-state index in [-0.39, 0.29) is 29.1 Å². The van der Waals surface area contributed by atoms with Crippen LogP contribution in [0.15, 0.2) is 35.7 Å². The van der Waals surface area contributed by atoms with Crippen molar-refractivity contribution in [3.8, 4) is 17.0 Å². The van der Waals surface area contributed by atoms with Crippen LogP contribution in [-0.4, -0.2) is 33.9 Å². The minimum absolute atomic E-state index is 0.0689. The standard InChI is InChI=1S/C21H20ClF3N4O2S/c1-20(2,3)19-27-14(10-32-19)9-26-17(30)16-8-15(12-4-6-13(22)7-5-12)18(29-28-16)31-11-21(23,24)25/h4-8,10H,9,11H2,1-3H3,(H,26,30). The number of hydrogen-bond donors (Lipinski definition) is 1. The number of carbonyl (C=O) groups excluding carboxylic acids is 1. The second-order valence-electron chi connectivity index (χ2n) is 7.94. The van der Waals surface area contributed by atoms with Crippen LogP contribution in [0.4, 0.5) is 13.2 Å². The highest BCUT2D eigenvalue weighted by Gasteiger charge is 2.29. The Morgan fingerprint density at radius 1 is 1.16 bits per heavy atom. The highest BCUT2D eigenvalue weighted by molar-refractivity contribution is 7.09. The van der Waals surface area contributed by atoms with Crippen LogP contribution in [0, 0.1) is 0 Å². The Morgan fingerprint density at radius 2 is 1.84 bits per heavy atom. The van der Waals surface area contributed by atoms with Gasteiger partial charge in [-0.3, -0.25) is 4.79 Å². The van der Waals surface area contributed by atoms with Crippen LogP contribution >= 0.6 is 22.9 Å². The van der Waals surface area contributed by atoms with E-state index in [1.165, 1.54) is 17.4 Å². The number of amides is 1. The minimum Gasteiger partial charge on any atom is -0.467 e. The molecule has 0 atom stereocenters. The largest absolute Gasteiger partial charge is 0.467 e. The van der Waals surface area contributed by atoms with Crippen LogP contribution < -0.4 is 10.1 Å². The molecule has 2 aromatic heterocycles. The molecule has 0 aliphatic carbocycles. The number of nitrogens with zero attached hydrogens (tertiary/aromatic N) is 3. The molecule has 3 rings (SSSR count). The number of thiazole rings is 1. The van der Waals surface area contributed by atoms with Gasteiger partial charge < -0.3 is 10.1 Å². The van der Waals surface area contributed by atoms with Gasteiger partial charge in [-0.15, -0.1) is 21.5 Å². The van der Waals surface area contributed by atoms with Crippen molar-refractivity contribution in [1.29, 1.82) is 0 Å². The Hall–Kier alpha value is -2.72. The maximum atomic E-state index is 12.6. The Balaban J connectivity index is 1.81. The van der Waals surface area contributed by atoms with E-state index < -0.39 is 18.7 Å². The highest BCUT2D eigenvalue weighted by atomic mass is 35.5. The topological polar surface area (TPSA) is 77.0 Å². The van der Waals surface area contributed by atoms with Gasteiger partial charge >= 0.3 is 6.18 Å². The lowest BCUT2D eigenvalue weighted by molar-refractivity contribution is -0.154. The molecule has 0 bridgehead atoms. The van der Waals surface area contributed by atoms with Crippen LogP contribution in [0.3, 0.4) is 0 Å². The molecular formula is C21H20ClF3N4O2S. The fraction of sp³-hybridized carbons (Fsp3) is 0.333. The normalized spacial score (nSPS) is 12.0. The van der Waals surface area contributed by atoms with Crippen molar-refractivity contribution in [2.24, 2.45) is 0 Å². The number of carbonyl (C=O) groups is 1. The maximum Gasteiger partial charge on any atom is 0.422 e. The number of rotatable bonds is 6. The molecule has 2 heterocycles. The lowest BCUT2D eigenvalue weighted by Gasteiger charge is -2.13. The molecule has 1 aromatic carbocycles. The predicted molar refractivity (Wildman–Crippen MR) is 116 cm³/mol. The summed E-state index contributed by atoms with van der Waals surface area (Å²) >= 11 is 7.40. The average Bonchev–Trinajstić information content (AvgIpc) is 3.20. The molecule has 3 aromatic rings. The zero-order valence-electron chi connectivity index (χ0n) is 17.5.